The van der Waals surface area contributed by atoms with Gasteiger partial charge in [-0.15, -0.1) is 0 Å². The molecule has 4 nitrogen and oxygen atoms in total. The van der Waals surface area contributed by atoms with Crippen LogP contribution in [0.3, 0.4) is 0 Å². The fourth-order valence-corrected chi connectivity index (χ4v) is 2.76. The van der Waals surface area contributed by atoms with E-state index in [4.69, 9.17) is 10.5 Å². The number of ether oxygens (including phenoxy) is 1. The molecule has 0 heterocycles. The molecule has 4 heteroatoms. The van der Waals surface area contributed by atoms with Gasteiger partial charge in [-0.1, -0.05) is 25.0 Å². The van der Waals surface area contributed by atoms with Gasteiger partial charge in [0, 0.05) is 6.04 Å². The predicted molar refractivity (Wildman–Crippen MR) is 75.3 cm³/mol. The largest absolute Gasteiger partial charge is 0.496 e. The number of amides is 1. The Kier molecular flexibility index (Phi) is 4.80. The van der Waals surface area contributed by atoms with E-state index < -0.39 is 0 Å². The van der Waals surface area contributed by atoms with Crippen LogP contribution in [0, 0.1) is 5.92 Å². The topological polar surface area (TPSA) is 64.3 Å². The smallest absolute Gasteiger partial charge is 0.255 e. The lowest BCUT2D eigenvalue weighted by molar-refractivity contribution is 0.0905. The van der Waals surface area contributed by atoms with Crippen LogP contribution in [-0.4, -0.2) is 25.6 Å². The Bertz CT molecular complexity index is 434. The van der Waals surface area contributed by atoms with Crippen molar-refractivity contribution in [1.82, 2.24) is 5.32 Å². The summed E-state index contributed by atoms with van der Waals surface area (Å²) >= 11 is 0. The van der Waals surface area contributed by atoms with Crippen molar-refractivity contribution in [2.45, 2.75) is 31.7 Å². The lowest BCUT2D eigenvalue weighted by atomic mass is 9.84. The second kappa shape index (κ2) is 6.57. The average Bonchev–Trinajstić information content (AvgIpc) is 2.47. The summed E-state index contributed by atoms with van der Waals surface area (Å²) < 4.78 is 5.22. The van der Waals surface area contributed by atoms with Gasteiger partial charge in [-0.05, 0) is 37.4 Å². The van der Waals surface area contributed by atoms with E-state index in [0.717, 1.165) is 19.3 Å². The van der Waals surface area contributed by atoms with Crippen LogP contribution in [0.5, 0.6) is 5.75 Å². The average molecular weight is 262 g/mol. The first kappa shape index (κ1) is 13.9. The molecule has 2 rings (SSSR count). The Morgan fingerprint density at radius 3 is 2.84 bits per heavy atom. The van der Waals surface area contributed by atoms with Crippen LogP contribution in [-0.2, 0) is 0 Å². The molecule has 0 saturated heterocycles. The molecule has 0 aromatic heterocycles. The van der Waals surface area contributed by atoms with Gasteiger partial charge in [0.2, 0.25) is 0 Å². The maximum Gasteiger partial charge on any atom is 0.255 e. The zero-order valence-electron chi connectivity index (χ0n) is 11.4. The van der Waals surface area contributed by atoms with Crippen LogP contribution < -0.4 is 15.8 Å². The van der Waals surface area contributed by atoms with E-state index in [2.05, 4.69) is 5.32 Å². The summed E-state index contributed by atoms with van der Waals surface area (Å²) in [7, 11) is 1.58. The first-order valence-corrected chi connectivity index (χ1v) is 6.90. The van der Waals surface area contributed by atoms with E-state index >= 15 is 0 Å². The van der Waals surface area contributed by atoms with Gasteiger partial charge in [0.05, 0.1) is 12.7 Å². The Morgan fingerprint density at radius 2 is 2.11 bits per heavy atom. The molecule has 1 aliphatic rings. The van der Waals surface area contributed by atoms with Crippen molar-refractivity contribution in [2.24, 2.45) is 11.7 Å². The number of rotatable bonds is 4. The van der Waals surface area contributed by atoms with Gasteiger partial charge in [0.25, 0.3) is 5.91 Å². The zero-order valence-corrected chi connectivity index (χ0v) is 11.4. The standard InChI is InChI=1S/C15H22N2O2/c1-19-14-9-5-3-7-12(14)15(18)17-13-8-4-2-6-11(13)10-16/h3,5,7,9,11,13H,2,4,6,8,10,16H2,1H3,(H,17,18). The fraction of sp³-hybridized carbons (Fsp3) is 0.533. The van der Waals surface area contributed by atoms with Gasteiger partial charge in [-0.25, -0.2) is 0 Å². The van der Waals surface area contributed by atoms with Crippen molar-refractivity contribution in [3.8, 4) is 5.75 Å². The molecule has 1 aromatic carbocycles. The minimum atomic E-state index is -0.0669. The number of methoxy groups -OCH3 is 1. The summed E-state index contributed by atoms with van der Waals surface area (Å²) in [4.78, 5) is 12.3. The van der Waals surface area contributed by atoms with E-state index in [9.17, 15) is 4.79 Å². The first-order chi connectivity index (χ1) is 9.26. The highest BCUT2D eigenvalue weighted by Gasteiger charge is 2.26. The molecule has 0 aliphatic heterocycles. The minimum absolute atomic E-state index is 0.0669. The number of nitrogens with two attached hydrogens (primary N) is 1. The van der Waals surface area contributed by atoms with Crippen molar-refractivity contribution in [3.63, 3.8) is 0 Å². The molecule has 1 aromatic rings. The maximum absolute atomic E-state index is 12.3. The van der Waals surface area contributed by atoms with Crippen LogP contribution in [0.4, 0.5) is 0 Å². The number of para-hydroxylation sites is 1. The Labute approximate surface area is 114 Å². The van der Waals surface area contributed by atoms with E-state index in [1.165, 1.54) is 6.42 Å². The Morgan fingerprint density at radius 1 is 1.37 bits per heavy atom. The molecule has 3 N–H and O–H groups in total. The molecule has 1 fully saturated rings. The third-order valence-corrected chi connectivity index (χ3v) is 3.88. The van der Waals surface area contributed by atoms with Gasteiger partial charge >= 0.3 is 0 Å². The van der Waals surface area contributed by atoms with E-state index in [1.807, 2.05) is 12.1 Å². The second-order valence-electron chi connectivity index (χ2n) is 5.06. The van der Waals surface area contributed by atoms with E-state index in [1.54, 1.807) is 19.2 Å². The molecule has 19 heavy (non-hydrogen) atoms. The summed E-state index contributed by atoms with van der Waals surface area (Å²) in [6.07, 6.45) is 4.49. The lowest BCUT2D eigenvalue weighted by Gasteiger charge is -2.31. The number of carbonyl (C=O) groups is 1. The van der Waals surface area contributed by atoms with E-state index in [-0.39, 0.29) is 11.9 Å². The summed E-state index contributed by atoms with van der Waals surface area (Å²) in [6.45, 7) is 0.636. The molecule has 1 aliphatic carbocycles. The highest BCUT2D eigenvalue weighted by atomic mass is 16.5. The van der Waals surface area contributed by atoms with E-state index in [0.29, 0.717) is 23.8 Å². The van der Waals surface area contributed by atoms with Gasteiger partial charge in [-0.3, -0.25) is 4.79 Å². The SMILES string of the molecule is COc1ccccc1C(=O)NC1CCCCC1CN. The van der Waals surface area contributed by atoms with Crippen LogP contribution in [0.1, 0.15) is 36.0 Å². The van der Waals surface area contributed by atoms with Crippen molar-refractivity contribution in [3.05, 3.63) is 29.8 Å². The van der Waals surface area contributed by atoms with Gasteiger partial charge in [0.15, 0.2) is 0 Å². The van der Waals surface area contributed by atoms with Crippen molar-refractivity contribution in [1.29, 1.82) is 0 Å². The predicted octanol–water partition coefficient (Wildman–Crippen LogP) is 1.94. The Balaban J connectivity index is 2.07. The summed E-state index contributed by atoms with van der Waals surface area (Å²) in [5.41, 5.74) is 6.38. The third-order valence-electron chi connectivity index (χ3n) is 3.88. The summed E-state index contributed by atoms with van der Waals surface area (Å²) in [5, 5.41) is 3.11. The molecular weight excluding hydrogens is 240 g/mol. The normalized spacial score (nSPS) is 22.8. The number of carbonyl (C=O) groups excluding carboxylic acids is 1. The summed E-state index contributed by atoms with van der Waals surface area (Å²) in [6, 6.07) is 7.48. The quantitative estimate of drug-likeness (QED) is 0.871. The number of hydrogen-bond donors (Lipinski definition) is 2. The summed E-state index contributed by atoms with van der Waals surface area (Å²) in [5.74, 6) is 0.940. The molecule has 2 unspecified atom stereocenters. The van der Waals surface area contributed by atoms with Crippen LogP contribution >= 0.6 is 0 Å². The van der Waals surface area contributed by atoms with Gasteiger partial charge in [-0.2, -0.15) is 0 Å². The van der Waals surface area contributed by atoms with Crippen LogP contribution in [0.2, 0.25) is 0 Å². The second-order valence-corrected chi connectivity index (χ2v) is 5.06. The molecule has 0 radical (unpaired) electrons. The molecule has 104 valence electrons. The molecule has 1 amide bonds. The Hall–Kier alpha value is -1.55. The number of nitrogens with one attached hydrogen (secondary N) is 1. The molecule has 2 atom stereocenters. The zero-order chi connectivity index (χ0) is 13.7. The number of hydrogen-bond acceptors (Lipinski definition) is 3. The molecular formula is C15H22N2O2. The highest BCUT2D eigenvalue weighted by molar-refractivity contribution is 5.97. The van der Waals surface area contributed by atoms with Crippen molar-refractivity contribution >= 4 is 5.91 Å². The van der Waals surface area contributed by atoms with Gasteiger partial charge < -0.3 is 15.8 Å². The maximum atomic E-state index is 12.3. The first-order valence-electron chi connectivity index (χ1n) is 6.90. The fourth-order valence-electron chi connectivity index (χ4n) is 2.76. The van der Waals surface area contributed by atoms with Crippen LogP contribution in [0.25, 0.3) is 0 Å². The number of benzene rings is 1. The highest BCUT2D eigenvalue weighted by Crippen LogP contribution is 2.25. The molecule has 0 spiro atoms. The monoisotopic (exact) mass is 262 g/mol. The minimum Gasteiger partial charge on any atom is -0.496 e. The third kappa shape index (κ3) is 3.26. The molecule has 0 bridgehead atoms. The lowest BCUT2D eigenvalue weighted by Crippen LogP contribution is -2.44. The van der Waals surface area contributed by atoms with Gasteiger partial charge in [0.1, 0.15) is 5.75 Å². The van der Waals surface area contributed by atoms with Crippen molar-refractivity contribution in [2.75, 3.05) is 13.7 Å². The molecule has 1 saturated carbocycles. The van der Waals surface area contributed by atoms with Crippen molar-refractivity contribution < 1.29 is 9.53 Å². The van der Waals surface area contributed by atoms with Crippen LogP contribution in [0.15, 0.2) is 24.3 Å².